The van der Waals surface area contributed by atoms with Crippen molar-refractivity contribution in [3.8, 4) is 0 Å². The van der Waals surface area contributed by atoms with Crippen LogP contribution in [0.1, 0.15) is 11.8 Å². The third-order valence-electron chi connectivity index (χ3n) is 4.34. The summed E-state index contributed by atoms with van der Waals surface area (Å²) < 4.78 is 5.47. The van der Waals surface area contributed by atoms with E-state index in [9.17, 15) is 4.79 Å². The number of hydrogen-bond acceptors (Lipinski definition) is 6. The first-order valence-corrected chi connectivity index (χ1v) is 8.39. The van der Waals surface area contributed by atoms with Gasteiger partial charge in [-0.3, -0.25) is 4.90 Å². The van der Waals surface area contributed by atoms with E-state index in [1.165, 1.54) is 0 Å². The number of carbonyl (C=O) groups excluding carboxylic acids is 1. The summed E-state index contributed by atoms with van der Waals surface area (Å²) in [4.78, 5) is 26.9. The first kappa shape index (κ1) is 17.2. The maximum Gasteiger partial charge on any atom is 0.317 e. The van der Waals surface area contributed by atoms with Gasteiger partial charge < -0.3 is 19.5 Å². The molecule has 8 nitrogen and oxygen atoms in total. The van der Waals surface area contributed by atoms with Crippen molar-refractivity contribution in [1.29, 1.82) is 0 Å². The summed E-state index contributed by atoms with van der Waals surface area (Å²) in [5.41, 5.74) is 0. The molecule has 134 valence electrons. The van der Waals surface area contributed by atoms with Crippen molar-refractivity contribution >= 4 is 12.0 Å². The average Bonchev–Trinajstić information content (AvgIpc) is 3.16. The van der Waals surface area contributed by atoms with Crippen molar-refractivity contribution in [3.63, 3.8) is 0 Å². The van der Waals surface area contributed by atoms with Crippen molar-refractivity contribution in [2.45, 2.75) is 6.04 Å². The number of urea groups is 1. The molecule has 2 aromatic heterocycles. The number of rotatable bonds is 5. The molecular formula is C17H24N6O2. The Kier molecular flexibility index (Phi) is 5.49. The Morgan fingerprint density at radius 1 is 1.24 bits per heavy atom. The van der Waals surface area contributed by atoms with Crippen molar-refractivity contribution in [1.82, 2.24) is 25.1 Å². The number of nitrogens with zero attached hydrogens (tertiary/aromatic N) is 5. The van der Waals surface area contributed by atoms with Crippen molar-refractivity contribution < 1.29 is 9.21 Å². The van der Waals surface area contributed by atoms with E-state index in [-0.39, 0.29) is 12.1 Å². The molecule has 1 fully saturated rings. The average molecular weight is 344 g/mol. The molecule has 1 saturated heterocycles. The fourth-order valence-corrected chi connectivity index (χ4v) is 2.88. The second kappa shape index (κ2) is 7.98. The van der Waals surface area contributed by atoms with E-state index in [2.05, 4.69) is 20.2 Å². The molecule has 0 aliphatic carbocycles. The minimum atomic E-state index is -0.0490. The zero-order valence-corrected chi connectivity index (χ0v) is 14.6. The number of hydrogen-bond donors (Lipinski definition) is 1. The zero-order valence-electron chi connectivity index (χ0n) is 14.6. The molecule has 0 aromatic carbocycles. The van der Waals surface area contributed by atoms with Gasteiger partial charge in [-0.05, 0) is 32.3 Å². The summed E-state index contributed by atoms with van der Waals surface area (Å²) in [5, 5.41) is 3.01. The van der Waals surface area contributed by atoms with Crippen molar-refractivity contribution in [2.24, 2.45) is 0 Å². The van der Waals surface area contributed by atoms with E-state index in [4.69, 9.17) is 4.42 Å². The quantitative estimate of drug-likeness (QED) is 0.878. The lowest BCUT2D eigenvalue weighted by molar-refractivity contribution is 0.186. The maximum atomic E-state index is 12.5. The molecule has 2 amide bonds. The molecule has 1 aliphatic rings. The predicted octanol–water partition coefficient (Wildman–Crippen LogP) is 1.20. The second-order valence-corrected chi connectivity index (χ2v) is 6.20. The Bertz CT molecular complexity index is 653. The number of furan rings is 1. The first-order valence-electron chi connectivity index (χ1n) is 8.39. The highest BCUT2D eigenvalue weighted by molar-refractivity contribution is 5.74. The Hall–Kier alpha value is -2.61. The van der Waals surface area contributed by atoms with E-state index < -0.39 is 0 Å². The lowest BCUT2D eigenvalue weighted by atomic mass is 10.2. The van der Waals surface area contributed by atoms with Crippen LogP contribution >= 0.6 is 0 Å². The summed E-state index contributed by atoms with van der Waals surface area (Å²) in [6.45, 7) is 3.26. The van der Waals surface area contributed by atoms with Crippen LogP contribution in [0.5, 0.6) is 0 Å². The summed E-state index contributed by atoms with van der Waals surface area (Å²) in [6.07, 6.45) is 5.12. The maximum absolute atomic E-state index is 12.5. The smallest absolute Gasteiger partial charge is 0.317 e. The molecule has 8 heteroatoms. The van der Waals surface area contributed by atoms with Crippen LogP contribution in [0.2, 0.25) is 0 Å². The van der Waals surface area contributed by atoms with Gasteiger partial charge in [0.1, 0.15) is 5.76 Å². The molecule has 3 heterocycles. The van der Waals surface area contributed by atoms with Crippen molar-refractivity contribution in [2.75, 3.05) is 51.7 Å². The molecule has 0 radical (unpaired) electrons. The monoisotopic (exact) mass is 344 g/mol. The number of anilines is 1. The summed E-state index contributed by atoms with van der Waals surface area (Å²) in [5.74, 6) is 1.56. The summed E-state index contributed by atoms with van der Waals surface area (Å²) >= 11 is 0. The standard InChI is InChI=1S/C17H24N6O2/c1-21(2)14(15-5-3-12-25-15)13-20-17(24)23-10-8-22(9-11-23)16-18-6-4-7-19-16/h3-7,12,14H,8-11,13H2,1-2H3,(H,20,24)/t14-/m0/s1. The number of likely N-dealkylation sites (N-methyl/N-ethyl adjacent to an activating group) is 1. The third kappa shape index (κ3) is 4.27. The van der Waals surface area contributed by atoms with Gasteiger partial charge in [-0.15, -0.1) is 0 Å². The normalized spacial score (nSPS) is 16.1. The predicted molar refractivity (Wildman–Crippen MR) is 94.4 cm³/mol. The highest BCUT2D eigenvalue weighted by Gasteiger charge is 2.24. The Morgan fingerprint density at radius 2 is 1.96 bits per heavy atom. The van der Waals surface area contributed by atoms with Crippen LogP contribution in [0.15, 0.2) is 41.3 Å². The van der Waals surface area contributed by atoms with Crippen LogP contribution in [-0.4, -0.2) is 72.6 Å². The highest BCUT2D eigenvalue weighted by atomic mass is 16.3. The Morgan fingerprint density at radius 3 is 2.56 bits per heavy atom. The number of amides is 2. The lowest BCUT2D eigenvalue weighted by Crippen LogP contribution is -2.53. The van der Waals surface area contributed by atoms with E-state index >= 15 is 0 Å². The summed E-state index contributed by atoms with van der Waals surface area (Å²) in [6, 6.07) is 5.55. The molecular weight excluding hydrogens is 320 g/mol. The van der Waals surface area contributed by atoms with Crippen molar-refractivity contribution in [3.05, 3.63) is 42.6 Å². The van der Waals surface area contributed by atoms with Crippen LogP contribution in [0.3, 0.4) is 0 Å². The number of aromatic nitrogens is 2. The molecule has 1 aliphatic heterocycles. The first-order chi connectivity index (χ1) is 12.1. The van der Waals surface area contributed by atoms with E-state index in [1.54, 1.807) is 24.7 Å². The molecule has 3 rings (SSSR count). The largest absolute Gasteiger partial charge is 0.468 e. The lowest BCUT2D eigenvalue weighted by Gasteiger charge is -2.35. The fraction of sp³-hybridized carbons (Fsp3) is 0.471. The van der Waals surface area contributed by atoms with Gasteiger partial charge >= 0.3 is 6.03 Å². The number of nitrogens with one attached hydrogen (secondary N) is 1. The Labute approximate surface area is 147 Å². The van der Waals surface area contributed by atoms with Gasteiger partial charge in [0.25, 0.3) is 0 Å². The molecule has 0 saturated carbocycles. The van der Waals surface area contributed by atoms with Gasteiger partial charge in [-0.25, -0.2) is 14.8 Å². The zero-order chi connectivity index (χ0) is 17.6. The van der Waals surface area contributed by atoms with Crippen LogP contribution in [-0.2, 0) is 0 Å². The van der Waals surface area contributed by atoms with Crippen LogP contribution in [0, 0.1) is 0 Å². The number of carbonyl (C=O) groups is 1. The van der Waals surface area contributed by atoms with E-state index in [0.717, 1.165) is 18.8 Å². The molecule has 0 unspecified atom stereocenters. The van der Waals surface area contributed by atoms with E-state index in [0.29, 0.717) is 25.6 Å². The summed E-state index contributed by atoms with van der Waals surface area (Å²) in [7, 11) is 3.94. The van der Waals surface area contributed by atoms with Crippen LogP contribution in [0.4, 0.5) is 10.7 Å². The highest BCUT2D eigenvalue weighted by Crippen LogP contribution is 2.17. The molecule has 1 atom stereocenters. The molecule has 0 spiro atoms. The fourth-order valence-electron chi connectivity index (χ4n) is 2.88. The third-order valence-corrected chi connectivity index (χ3v) is 4.34. The molecule has 25 heavy (non-hydrogen) atoms. The van der Waals surface area contributed by atoms with Gasteiger partial charge in [0.05, 0.1) is 12.3 Å². The van der Waals surface area contributed by atoms with Gasteiger partial charge in [0.15, 0.2) is 0 Å². The Balaban J connectivity index is 1.49. The topological polar surface area (TPSA) is 77.7 Å². The number of piperazine rings is 1. The van der Waals surface area contributed by atoms with Crippen LogP contribution in [0.25, 0.3) is 0 Å². The SMILES string of the molecule is CN(C)[C@@H](CNC(=O)N1CCN(c2ncccn2)CC1)c1ccco1. The van der Waals surface area contributed by atoms with Gasteiger partial charge in [0.2, 0.25) is 5.95 Å². The van der Waals surface area contributed by atoms with Gasteiger partial charge in [0, 0.05) is 45.1 Å². The molecule has 1 N–H and O–H groups in total. The molecule has 2 aromatic rings. The minimum Gasteiger partial charge on any atom is -0.468 e. The second-order valence-electron chi connectivity index (χ2n) is 6.20. The minimum absolute atomic E-state index is 0.0120. The molecule has 0 bridgehead atoms. The van der Waals surface area contributed by atoms with Crippen LogP contribution < -0.4 is 10.2 Å². The van der Waals surface area contributed by atoms with E-state index in [1.807, 2.05) is 36.0 Å². The van der Waals surface area contributed by atoms with Gasteiger partial charge in [-0.2, -0.15) is 0 Å². The van der Waals surface area contributed by atoms with Gasteiger partial charge in [-0.1, -0.05) is 0 Å².